The molecule has 1 saturated heterocycles. The minimum absolute atomic E-state index is 0.165. The van der Waals surface area contributed by atoms with Gasteiger partial charge in [-0.1, -0.05) is 13.0 Å². The topological polar surface area (TPSA) is 56.5 Å². The molecule has 0 radical (unpaired) electrons. The normalized spacial score (nSPS) is 23.3. The number of ether oxygens (including phenoxy) is 1. The quantitative estimate of drug-likeness (QED) is 0.914. The summed E-state index contributed by atoms with van der Waals surface area (Å²) in [6.45, 7) is 4.78. The number of aliphatic hydroxyl groups is 1. The fourth-order valence-electron chi connectivity index (χ4n) is 2.84. The number of hydrogen-bond donors (Lipinski definition) is 1. The van der Waals surface area contributed by atoms with Crippen LogP contribution < -0.4 is 4.74 Å². The van der Waals surface area contributed by atoms with E-state index in [1.807, 2.05) is 18.2 Å². The van der Waals surface area contributed by atoms with E-state index in [1.54, 1.807) is 7.11 Å². The highest BCUT2D eigenvalue weighted by atomic mass is 16.5. The second-order valence-electron chi connectivity index (χ2n) is 5.41. The third-order valence-electron chi connectivity index (χ3n) is 4.09. The van der Waals surface area contributed by atoms with Crippen LogP contribution in [-0.2, 0) is 6.54 Å². The number of rotatable bonds is 4. The van der Waals surface area contributed by atoms with E-state index in [2.05, 4.69) is 17.9 Å². The van der Waals surface area contributed by atoms with Crippen molar-refractivity contribution in [2.45, 2.75) is 32.4 Å². The Morgan fingerprint density at radius 1 is 1.50 bits per heavy atom. The lowest BCUT2D eigenvalue weighted by molar-refractivity contribution is 0.0222. The van der Waals surface area contributed by atoms with Crippen LogP contribution in [0.3, 0.4) is 0 Å². The van der Waals surface area contributed by atoms with Gasteiger partial charge in [0.05, 0.1) is 18.8 Å². The summed E-state index contributed by atoms with van der Waals surface area (Å²) in [5, 5.41) is 19.0. The molecule has 2 rings (SSSR count). The van der Waals surface area contributed by atoms with Crippen molar-refractivity contribution in [3.8, 4) is 11.8 Å². The molecule has 1 aliphatic rings. The van der Waals surface area contributed by atoms with Gasteiger partial charge in [0.2, 0.25) is 0 Å². The van der Waals surface area contributed by atoms with Crippen LogP contribution in [0.5, 0.6) is 5.75 Å². The number of piperidine rings is 1. The van der Waals surface area contributed by atoms with Crippen molar-refractivity contribution in [2.75, 3.05) is 20.2 Å². The third kappa shape index (κ3) is 3.30. The molecular formula is C16H22N2O2. The van der Waals surface area contributed by atoms with Crippen molar-refractivity contribution in [2.24, 2.45) is 5.92 Å². The Labute approximate surface area is 120 Å². The second-order valence-corrected chi connectivity index (χ2v) is 5.41. The van der Waals surface area contributed by atoms with Gasteiger partial charge in [0.1, 0.15) is 11.8 Å². The molecule has 1 aromatic rings. The lowest BCUT2D eigenvalue weighted by Crippen LogP contribution is -2.42. The molecule has 1 heterocycles. The van der Waals surface area contributed by atoms with Crippen molar-refractivity contribution in [3.05, 3.63) is 29.3 Å². The van der Waals surface area contributed by atoms with Crippen LogP contribution in [0.4, 0.5) is 0 Å². The zero-order valence-corrected chi connectivity index (χ0v) is 12.2. The largest absolute Gasteiger partial charge is 0.495 e. The molecule has 2 atom stereocenters. The Hall–Kier alpha value is -1.57. The number of nitrogens with zero attached hydrogens (tertiary/aromatic N) is 2. The first-order valence-corrected chi connectivity index (χ1v) is 7.15. The standard InChI is InChI=1S/C16H22N2O2/c1-3-13-11-18(7-6-15(13)19)10-12-4-5-16(20-2)14(8-12)9-17/h4-5,8,13,15,19H,3,6-7,10-11H2,1-2H3. The Bertz CT molecular complexity index is 496. The molecule has 0 amide bonds. The van der Waals surface area contributed by atoms with Crippen molar-refractivity contribution in [1.29, 1.82) is 5.26 Å². The lowest BCUT2D eigenvalue weighted by atomic mass is 9.92. The molecule has 108 valence electrons. The average molecular weight is 274 g/mol. The maximum Gasteiger partial charge on any atom is 0.136 e. The van der Waals surface area contributed by atoms with Crippen LogP contribution in [0.1, 0.15) is 30.9 Å². The summed E-state index contributed by atoms with van der Waals surface area (Å²) in [4.78, 5) is 2.35. The number of likely N-dealkylation sites (tertiary alicyclic amines) is 1. The highest BCUT2D eigenvalue weighted by molar-refractivity contribution is 5.45. The van der Waals surface area contributed by atoms with E-state index >= 15 is 0 Å². The zero-order chi connectivity index (χ0) is 14.5. The number of nitriles is 1. The van der Waals surface area contributed by atoms with Crippen LogP contribution in [0.2, 0.25) is 0 Å². The van der Waals surface area contributed by atoms with E-state index in [0.717, 1.165) is 38.0 Å². The van der Waals surface area contributed by atoms with E-state index in [-0.39, 0.29) is 6.10 Å². The molecular weight excluding hydrogens is 252 g/mol. The van der Waals surface area contributed by atoms with Crippen molar-refractivity contribution in [1.82, 2.24) is 4.90 Å². The Balaban J connectivity index is 2.05. The van der Waals surface area contributed by atoms with Crippen LogP contribution in [0.25, 0.3) is 0 Å². The summed E-state index contributed by atoms with van der Waals surface area (Å²) in [7, 11) is 1.58. The van der Waals surface area contributed by atoms with Crippen LogP contribution in [-0.4, -0.2) is 36.3 Å². The minimum atomic E-state index is -0.165. The first kappa shape index (κ1) is 14.8. The molecule has 0 aliphatic carbocycles. The van der Waals surface area contributed by atoms with Gasteiger partial charge in [-0.3, -0.25) is 4.90 Å². The van der Waals surface area contributed by atoms with Gasteiger partial charge in [0, 0.05) is 19.6 Å². The van der Waals surface area contributed by atoms with Gasteiger partial charge in [0.15, 0.2) is 0 Å². The molecule has 20 heavy (non-hydrogen) atoms. The molecule has 1 N–H and O–H groups in total. The molecule has 1 aliphatic heterocycles. The van der Waals surface area contributed by atoms with Gasteiger partial charge >= 0.3 is 0 Å². The van der Waals surface area contributed by atoms with E-state index in [1.165, 1.54) is 0 Å². The first-order valence-electron chi connectivity index (χ1n) is 7.15. The molecule has 0 spiro atoms. The van der Waals surface area contributed by atoms with Crippen LogP contribution in [0, 0.1) is 17.2 Å². The van der Waals surface area contributed by atoms with E-state index in [9.17, 15) is 5.11 Å². The Morgan fingerprint density at radius 3 is 2.95 bits per heavy atom. The predicted molar refractivity (Wildman–Crippen MR) is 77.4 cm³/mol. The molecule has 0 aromatic heterocycles. The van der Waals surface area contributed by atoms with Gasteiger partial charge in [0.25, 0.3) is 0 Å². The second kappa shape index (κ2) is 6.74. The van der Waals surface area contributed by atoms with Gasteiger partial charge in [-0.2, -0.15) is 5.26 Å². The third-order valence-corrected chi connectivity index (χ3v) is 4.09. The SMILES string of the molecule is CCC1CN(Cc2ccc(OC)c(C#N)c2)CCC1O. The maximum absolute atomic E-state index is 9.92. The fraction of sp³-hybridized carbons (Fsp3) is 0.562. The minimum Gasteiger partial charge on any atom is -0.495 e. The molecule has 2 unspecified atom stereocenters. The Morgan fingerprint density at radius 2 is 2.30 bits per heavy atom. The van der Waals surface area contributed by atoms with E-state index < -0.39 is 0 Å². The summed E-state index contributed by atoms with van der Waals surface area (Å²) in [5.74, 6) is 0.981. The smallest absolute Gasteiger partial charge is 0.136 e. The van der Waals surface area contributed by atoms with Gasteiger partial charge in [-0.25, -0.2) is 0 Å². The van der Waals surface area contributed by atoms with Gasteiger partial charge in [-0.05, 0) is 36.5 Å². The van der Waals surface area contributed by atoms with Gasteiger partial charge < -0.3 is 9.84 Å². The van der Waals surface area contributed by atoms with Crippen molar-refractivity contribution in [3.63, 3.8) is 0 Å². The van der Waals surface area contributed by atoms with Crippen LogP contribution >= 0.6 is 0 Å². The molecule has 1 aromatic carbocycles. The highest BCUT2D eigenvalue weighted by Crippen LogP contribution is 2.24. The van der Waals surface area contributed by atoms with Crippen molar-refractivity contribution < 1.29 is 9.84 Å². The van der Waals surface area contributed by atoms with Crippen LogP contribution in [0.15, 0.2) is 18.2 Å². The summed E-state index contributed by atoms with van der Waals surface area (Å²) in [6.07, 6.45) is 1.67. The Kier molecular flexibility index (Phi) is 4.99. The zero-order valence-electron chi connectivity index (χ0n) is 12.2. The summed E-state index contributed by atoms with van der Waals surface area (Å²) < 4.78 is 5.16. The predicted octanol–water partition coefficient (Wildman–Crippen LogP) is 2.16. The number of benzene rings is 1. The van der Waals surface area contributed by atoms with E-state index in [4.69, 9.17) is 10.00 Å². The molecule has 4 heteroatoms. The van der Waals surface area contributed by atoms with E-state index in [0.29, 0.717) is 17.2 Å². The summed E-state index contributed by atoms with van der Waals surface area (Å²) in [5.41, 5.74) is 1.70. The number of aliphatic hydroxyl groups excluding tert-OH is 1. The number of hydrogen-bond acceptors (Lipinski definition) is 4. The lowest BCUT2D eigenvalue weighted by Gasteiger charge is -2.35. The summed E-state index contributed by atoms with van der Waals surface area (Å²) >= 11 is 0. The molecule has 0 bridgehead atoms. The number of methoxy groups -OCH3 is 1. The maximum atomic E-state index is 9.92. The first-order chi connectivity index (χ1) is 9.67. The fourth-order valence-corrected chi connectivity index (χ4v) is 2.84. The van der Waals surface area contributed by atoms with Crippen molar-refractivity contribution >= 4 is 0 Å². The molecule has 4 nitrogen and oxygen atoms in total. The molecule has 0 saturated carbocycles. The average Bonchev–Trinajstić information content (AvgIpc) is 2.49. The van der Waals surface area contributed by atoms with Gasteiger partial charge in [-0.15, -0.1) is 0 Å². The molecule has 1 fully saturated rings. The monoisotopic (exact) mass is 274 g/mol. The highest BCUT2D eigenvalue weighted by Gasteiger charge is 2.26. The summed E-state index contributed by atoms with van der Waals surface area (Å²) in [6, 6.07) is 7.92.